The molecule has 8 heteroatoms. The standard InChI is InChI=1S/C20H22N4O3S/c1-12-9-16(10-19(13(12)2)28(21,26)27)20(25)23-17-5-7-18(8-6-17)24-11-22-14(3)15(24)4/h5-11H,1-4H3,(H,23,25)(H2,21,26,27). The van der Waals surface area contributed by atoms with Crippen LogP contribution in [0.1, 0.15) is 32.9 Å². The van der Waals surface area contributed by atoms with Gasteiger partial charge in [0.05, 0.1) is 16.9 Å². The van der Waals surface area contributed by atoms with E-state index in [0.717, 1.165) is 17.1 Å². The van der Waals surface area contributed by atoms with E-state index in [2.05, 4.69) is 10.3 Å². The van der Waals surface area contributed by atoms with Gasteiger partial charge in [-0.1, -0.05) is 0 Å². The minimum atomic E-state index is -3.91. The zero-order chi connectivity index (χ0) is 20.6. The van der Waals surface area contributed by atoms with Gasteiger partial charge in [-0.15, -0.1) is 0 Å². The molecule has 1 aromatic heterocycles. The van der Waals surface area contributed by atoms with Crippen molar-refractivity contribution >= 4 is 21.6 Å². The fourth-order valence-corrected chi connectivity index (χ4v) is 3.80. The number of nitrogens with zero attached hydrogens (tertiary/aromatic N) is 2. The third-order valence-electron chi connectivity index (χ3n) is 4.84. The first-order valence-corrected chi connectivity index (χ1v) is 10.2. The summed E-state index contributed by atoms with van der Waals surface area (Å²) in [6, 6.07) is 10.3. The van der Waals surface area contributed by atoms with Crippen molar-refractivity contribution in [3.8, 4) is 5.69 Å². The normalized spacial score (nSPS) is 11.5. The van der Waals surface area contributed by atoms with E-state index < -0.39 is 15.9 Å². The Hall–Kier alpha value is -2.97. The van der Waals surface area contributed by atoms with Gasteiger partial charge in [-0.3, -0.25) is 4.79 Å². The van der Waals surface area contributed by atoms with Gasteiger partial charge >= 0.3 is 0 Å². The van der Waals surface area contributed by atoms with E-state index in [0.29, 0.717) is 16.8 Å². The predicted octanol–water partition coefficient (Wildman–Crippen LogP) is 3.01. The number of amides is 1. The van der Waals surface area contributed by atoms with Crippen molar-refractivity contribution in [2.45, 2.75) is 32.6 Å². The third-order valence-corrected chi connectivity index (χ3v) is 5.88. The Morgan fingerprint density at radius 1 is 1.07 bits per heavy atom. The number of sulfonamides is 1. The van der Waals surface area contributed by atoms with Crippen LogP contribution in [0.5, 0.6) is 0 Å². The van der Waals surface area contributed by atoms with E-state index in [9.17, 15) is 13.2 Å². The van der Waals surface area contributed by atoms with Gasteiger partial charge in [-0.2, -0.15) is 0 Å². The lowest BCUT2D eigenvalue weighted by molar-refractivity contribution is 0.102. The molecule has 0 spiro atoms. The van der Waals surface area contributed by atoms with Crippen LogP contribution in [0, 0.1) is 27.7 Å². The quantitative estimate of drug-likeness (QED) is 0.704. The maximum Gasteiger partial charge on any atom is 0.255 e. The van der Waals surface area contributed by atoms with E-state index >= 15 is 0 Å². The zero-order valence-electron chi connectivity index (χ0n) is 16.1. The number of nitrogens with two attached hydrogens (primary N) is 1. The highest BCUT2D eigenvalue weighted by Crippen LogP contribution is 2.22. The third kappa shape index (κ3) is 3.83. The average Bonchev–Trinajstić information content (AvgIpc) is 2.96. The predicted molar refractivity (Wildman–Crippen MR) is 108 cm³/mol. The van der Waals surface area contributed by atoms with Gasteiger partial charge in [0, 0.05) is 22.6 Å². The monoisotopic (exact) mass is 398 g/mol. The summed E-state index contributed by atoms with van der Waals surface area (Å²) in [4.78, 5) is 16.8. The molecule has 28 heavy (non-hydrogen) atoms. The van der Waals surface area contributed by atoms with Gasteiger partial charge in [0.15, 0.2) is 0 Å². The van der Waals surface area contributed by atoms with Crippen molar-refractivity contribution < 1.29 is 13.2 Å². The number of aromatic nitrogens is 2. The van der Waals surface area contributed by atoms with Crippen LogP contribution in [0.4, 0.5) is 5.69 Å². The molecular formula is C20H22N4O3S. The summed E-state index contributed by atoms with van der Waals surface area (Å²) < 4.78 is 25.5. The van der Waals surface area contributed by atoms with Gasteiger partial charge in [-0.25, -0.2) is 18.5 Å². The lowest BCUT2D eigenvalue weighted by Gasteiger charge is -2.12. The summed E-state index contributed by atoms with van der Waals surface area (Å²) in [5.74, 6) is -0.407. The summed E-state index contributed by atoms with van der Waals surface area (Å²) >= 11 is 0. The Balaban J connectivity index is 1.86. The lowest BCUT2D eigenvalue weighted by Crippen LogP contribution is -2.17. The van der Waals surface area contributed by atoms with Crippen LogP contribution in [-0.2, 0) is 10.0 Å². The van der Waals surface area contributed by atoms with Gasteiger partial charge in [0.1, 0.15) is 0 Å². The molecule has 0 atom stereocenters. The molecule has 146 valence electrons. The highest BCUT2D eigenvalue weighted by molar-refractivity contribution is 7.89. The Bertz CT molecular complexity index is 1160. The SMILES string of the molecule is Cc1cc(C(=O)Nc2ccc(-n3cnc(C)c3C)cc2)cc(S(N)(=O)=O)c1C. The van der Waals surface area contributed by atoms with Crippen LogP contribution < -0.4 is 10.5 Å². The fourth-order valence-electron chi connectivity index (χ4n) is 2.92. The Morgan fingerprint density at radius 3 is 2.25 bits per heavy atom. The highest BCUT2D eigenvalue weighted by atomic mass is 32.2. The molecule has 7 nitrogen and oxygen atoms in total. The highest BCUT2D eigenvalue weighted by Gasteiger charge is 2.17. The summed E-state index contributed by atoms with van der Waals surface area (Å²) in [6.07, 6.45) is 1.75. The first kappa shape index (κ1) is 19.8. The van der Waals surface area contributed by atoms with Crippen LogP contribution in [0.2, 0.25) is 0 Å². The van der Waals surface area contributed by atoms with Crippen LogP contribution in [-0.4, -0.2) is 23.9 Å². The Labute approximate surface area is 164 Å². The number of carbonyl (C=O) groups is 1. The number of primary sulfonamides is 1. The molecule has 0 aliphatic rings. The molecule has 2 aromatic carbocycles. The number of carbonyl (C=O) groups excluding carboxylic acids is 1. The number of rotatable bonds is 4. The van der Waals surface area contributed by atoms with E-state index in [1.165, 1.54) is 6.07 Å². The molecule has 0 aliphatic carbocycles. The maximum absolute atomic E-state index is 12.6. The number of hydrogen-bond donors (Lipinski definition) is 2. The summed E-state index contributed by atoms with van der Waals surface area (Å²) in [6.45, 7) is 7.33. The lowest BCUT2D eigenvalue weighted by atomic mass is 10.1. The van der Waals surface area contributed by atoms with Crippen LogP contribution >= 0.6 is 0 Å². The van der Waals surface area contributed by atoms with Crippen molar-refractivity contribution in [2.75, 3.05) is 5.32 Å². The molecule has 3 rings (SSSR count). The van der Waals surface area contributed by atoms with Gasteiger partial charge in [0.25, 0.3) is 5.91 Å². The maximum atomic E-state index is 12.6. The largest absolute Gasteiger partial charge is 0.322 e. The number of anilines is 1. The number of hydrogen-bond acceptors (Lipinski definition) is 4. The van der Waals surface area contributed by atoms with Gasteiger partial charge < -0.3 is 9.88 Å². The van der Waals surface area contributed by atoms with Crippen molar-refractivity contribution in [1.29, 1.82) is 0 Å². The first-order chi connectivity index (χ1) is 13.1. The van der Waals surface area contributed by atoms with Gasteiger partial charge in [-0.05, 0) is 75.2 Å². The Morgan fingerprint density at radius 2 is 1.71 bits per heavy atom. The fraction of sp³-hybridized carbons (Fsp3) is 0.200. The second-order valence-electron chi connectivity index (χ2n) is 6.75. The van der Waals surface area contributed by atoms with Crippen LogP contribution in [0.15, 0.2) is 47.6 Å². The number of nitrogens with one attached hydrogen (secondary N) is 1. The number of imidazole rings is 1. The topological polar surface area (TPSA) is 107 Å². The molecule has 1 heterocycles. The molecule has 0 unspecified atom stereocenters. The molecule has 3 aromatic rings. The minimum absolute atomic E-state index is 0.0426. The van der Waals surface area contributed by atoms with E-state index in [1.807, 2.05) is 30.5 Å². The van der Waals surface area contributed by atoms with Crippen LogP contribution in [0.25, 0.3) is 5.69 Å². The van der Waals surface area contributed by atoms with Crippen LogP contribution in [0.3, 0.4) is 0 Å². The molecule has 0 fully saturated rings. The summed E-state index contributed by atoms with van der Waals surface area (Å²) in [5.41, 5.74) is 4.97. The van der Waals surface area contributed by atoms with Crippen molar-refractivity contribution in [3.63, 3.8) is 0 Å². The molecule has 0 bridgehead atoms. The number of benzene rings is 2. The van der Waals surface area contributed by atoms with E-state index in [1.54, 1.807) is 38.4 Å². The zero-order valence-corrected chi connectivity index (χ0v) is 17.0. The smallest absolute Gasteiger partial charge is 0.255 e. The Kier molecular flexibility index (Phi) is 5.10. The molecule has 3 N–H and O–H groups in total. The van der Waals surface area contributed by atoms with Crippen molar-refractivity contribution in [2.24, 2.45) is 5.14 Å². The minimum Gasteiger partial charge on any atom is -0.322 e. The average molecular weight is 398 g/mol. The van der Waals surface area contributed by atoms with Gasteiger partial charge in [0.2, 0.25) is 10.0 Å². The second-order valence-corrected chi connectivity index (χ2v) is 8.28. The van der Waals surface area contributed by atoms with E-state index in [-0.39, 0.29) is 10.5 Å². The summed E-state index contributed by atoms with van der Waals surface area (Å²) in [5, 5.41) is 8.05. The molecule has 0 saturated carbocycles. The van der Waals surface area contributed by atoms with Crippen molar-refractivity contribution in [3.05, 3.63) is 70.8 Å². The molecule has 1 amide bonds. The second kappa shape index (κ2) is 7.21. The molecular weight excluding hydrogens is 376 g/mol. The molecule has 0 radical (unpaired) electrons. The molecule has 0 aliphatic heterocycles. The van der Waals surface area contributed by atoms with E-state index in [4.69, 9.17) is 5.14 Å². The first-order valence-electron chi connectivity index (χ1n) is 8.64. The van der Waals surface area contributed by atoms with Crippen molar-refractivity contribution in [1.82, 2.24) is 9.55 Å². The number of aryl methyl sites for hydroxylation is 2. The summed E-state index contributed by atoms with van der Waals surface area (Å²) in [7, 11) is -3.91. The molecule has 0 saturated heterocycles.